The quantitative estimate of drug-likeness (QED) is 0.713. The first kappa shape index (κ1) is 9.64. The summed E-state index contributed by atoms with van der Waals surface area (Å²) in [5.41, 5.74) is 0. The third-order valence-electron chi connectivity index (χ3n) is 1.86. The fraction of sp³-hybridized carbons (Fsp3) is 0.200. The Balaban J connectivity index is 1.86. The second-order valence-electron chi connectivity index (χ2n) is 2.91. The number of hydrogen-bond acceptors (Lipinski definition) is 3. The van der Waals surface area contributed by atoms with Gasteiger partial charge in [0.2, 0.25) is 0 Å². The van der Waals surface area contributed by atoms with Crippen LogP contribution in [0.1, 0.15) is 0 Å². The first-order chi connectivity index (χ1) is 7.36. The van der Waals surface area contributed by atoms with E-state index in [1.165, 1.54) is 6.20 Å². The van der Waals surface area contributed by atoms with Crippen molar-refractivity contribution in [3.63, 3.8) is 0 Å². The highest BCUT2D eigenvalue weighted by molar-refractivity contribution is 5.17. The molecule has 78 valence electrons. The lowest BCUT2D eigenvalue weighted by Gasteiger charge is -2.05. The normalized spacial score (nSPS) is 10.2. The van der Waals surface area contributed by atoms with Crippen molar-refractivity contribution in [3.8, 4) is 5.75 Å². The van der Waals surface area contributed by atoms with Crippen molar-refractivity contribution in [3.05, 3.63) is 42.7 Å². The maximum Gasteiger partial charge on any atom is 0.255 e. The van der Waals surface area contributed by atoms with Crippen LogP contribution in [0.15, 0.2) is 36.8 Å². The maximum absolute atomic E-state index is 13.0. The largest absolute Gasteiger partial charge is 0.487 e. The van der Waals surface area contributed by atoms with Gasteiger partial charge in [-0.3, -0.25) is 4.68 Å². The number of nitrogens with zero attached hydrogens (tertiary/aromatic N) is 3. The molecule has 0 saturated carbocycles. The van der Waals surface area contributed by atoms with Crippen LogP contribution in [0, 0.1) is 5.95 Å². The van der Waals surface area contributed by atoms with Crippen LogP contribution in [0.4, 0.5) is 4.39 Å². The lowest BCUT2D eigenvalue weighted by Crippen LogP contribution is -2.09. The first-order valence-corrected chi connectivity index (χ1v) is 4.57. The summed E-state index contributed by atoms with van der Waals surface area (Å²) in [6.45, 7) is 0.950. The minimum absolute atomic E-state index is 0.171. The smallest absolute Gasteiger partial charge is 0.255 e. The number of halogens is 1. The molecule has 2 aromatic rings. The van der Waals surface area contributed by atoms with Crippen LogP contribution in [0.25, 0.3) is 0 Å². The van der Waals surface area contributed by atoms with Gasteiger partial charge in [-0.05, 0) is 18.2 Å². The average molecular weight is 207 g/mol. The Morgan fingerprint density at radius 2 is 2.27 bits per heavy atom. The van der Waals surface area contributed by atoms with Gasteiger partial charge in [-0.25, -0.2) is 4.98 Å². The molecule has 0 bridgehead atoms. The van der Waals surface area contributed by atoms with Crippen molar-refractivity contribution >= 4 is 0 Å². The molecule has 0 atom stereocenters. The molecule has 0 fully saturated rings. The third kappa shape index (κ3) is 2.52. The lowest BCUT2D eigenvalue weighted by molar-refractivity contribution is 0.274. The first-order valence-electron chi connectivity index (χ1n) is 4.57. The van der Waals surface area contributed by atoms with Gasteiger partial charge in [-0.15, -0.1) is 0 Å². The molecule has 0 aromatic carbocycles. The summed E-state index contributed by atoms with van der Waals surface area (Å²) in [7, 11) is 0. The Morgan fingerprint density at radius 1 is 1.33 bits per heavy atom. The fourth-order valence-electron chi connectivity index (χ4n) is 1.16. The molecular weight excluding hydrogens is 197 g/mol. The predicted octanol–water partition coefficient (Wildman–Crippen LogP) is 1.50. The minimum Gasteiger partial charge on any atom is -0.487 e. The molecule has 2 heterocycles. The molecule has 0 N–H and O–H groups in total. The molecule has 0 aliphatic carbocycles. The van der Waals surface area contributed by atoms with Crippen molar-refractivity contribution in [2.45, 2.75) is 6.54 Å². The van der Waals surface area contributed by atoms with Crippen molar-refractivity contribution in [2.75, 3.05) is 6.61 Å². The van der Waals surface area contributed by atoms with Gasteiger partial charge in [-0.1, -0.05) is 0 Å². The summed E-state index contributed by atoms with van der Waals surface area (Å²) < 4.78 is 19.9. The maximum atomic E-state index is 13.0. The van der Waals surface area contributed by atoms with Crippen LogP contribution in [-0.4, -0.2) is 21.4 Å². The average Bonchev–Trinajstić information content (AvgIpc) is 2.74. The second kappa shape index (κ2) is 4.54. The highest BCUT2D eigenvalue weighted by Gasteiger charge is 2.02. The summed E-state index contributed by atoms with van der Waals surface area (Å²) in [6, 6.07) is 5.00. The van der Waals surface area contributed by atoms with Crippen LogP contribution in [0.2, 0.25) is 0 Å². The zero-order valence-corrected chi connectivity index (χ0v) is 8.01. The van der Waals surface area contributed by atoms with E-state index in [0.717, 1.165) is 0 Å². The van der Waals surface area contributed by atoms with E-state index in [0.29, 0.717) is 13.2 Å². The SMILES string of the molecule is Fc1ncccc1OCCn1cccn1. The van der Waals surface area contributed by atoms with E-state index in [2.05, 4.69) is 10.1 Å². The van der Waals surface area contributed by atoms with Gasteiger partial charge in [0.25, 0.3) is 5.95 Å². The molecule has 0 aliphatic heterocycles. The number of pyridine rings is 1. The molecule has 0 unspecified atom stereocenters. The minimum atomic E-state index is -0.585. The van der Waals surface area contributed by atoms with Gasteiger partial charge >= 0.3 is 0 Å². The Hall–Kier alpha value is -1.91. The van der Waals surface area contributed by atoms with E-state index in [1.807, 2.05) is 12.3 Å². The summed E-state index contributed by atoms with van der Waals surface area (Å²) in [6.07, 6.45) is 4.89. The molecule has 2 aromatic heterocycles. The molecule has 0 spiro atoms. The molecule has 0 radical (unpaired) electrons. The Labute approximate surface area is 86.3 Å². The van der Waals surface area contributed by atoms with E-state index >= 15 is 0 Å². The number of ether oxygens (including phenoxy) is 1. The van der Waals surface area contributed by atoms with Crippen LogP contribution in [0.3, 0.4) is 0 Å². The van der Waals surface area contributed by atoms with Crippen molar-refractivity contribution < 1.29 is 9.13 Å². The van der Waals surface area contributed by atoms with Gasteiger partial charge in [0, 0.05) is 18.6 Å². The van der Waals surface area contributed by atoms with E-state index in [-0.39, 0.29) is 5.75 Å². The molecule has 0 saturated heterocycles. The Bertz CT molecular complexity index is 416. The van der Waals surface area contributed by atoms with Crippen molar-refractivity contribution in [1.29, 1.82) is 0 Å². The van der Waals surface area contributed by atoms with Crippen LogP contribution in [0.5, 0.6) is 5.75 Å². The van der Waals surface area contributed by atoms with Gasteiger partial charge in [0.15, 0.2) is 5.75 Å². The number of aromatic nitrogens is 3. The highest BCUT2D eigenvalue weighted by atomic mass is 19.1. The lowest BCUT2D eigenvalue weighted by atomic mass is 10.4. The summed E-state index contributed by atoms with van der Waals surface area (Å²) >= 11 is 0. The van der Waals surface area contributed by atoms with Crippen LogP contribution < -0.4 is 4.74 Å². The van der Waals surface area contributed by atoms with Crippen LogP contribution >= 0.6 is 0 Å². The van der Waals surface area contributed by atoms with Crippen LogP contribution in [-0.2, 0) is 6.54 Å². The standard InChI is InChI=1S/C10H10FN3O/c11-10-9(3-1-4-12-10)15-8-7-14-6-2-5-13-14/h1-6H,7-8H2. The predicted molar refractivity (Wildman–Crippen MR) is 51.9 cm³/mol. The van der Waals surface area contributed by atoms with Gasteiger partial charge < -0.3 is 4.74 Å². The molecular formula is C10H10FN3O. The van der Waals surface area contributed by atoms with Crippen molar-refractivity contribution in [1.82, 2.24) is 14.8 Å². The van der Waals surface area contributed by atoms with E-state index in [9.17, 15) is 4.39 Å². The Kier molecular flexibility index (Phi) is 2.92. The second-order valence-corrected chi connectivity index (χ2v) is 2.91. The number of rotatable bonds is 4. The number of hydrogen-bond donors (Lipinski definition) is 0. The van der Waals surface area contributed by atoms with E-state index in [4.69, 9.17) is 4.74 Å². The van der Waals surface area contributed by atoms with Crippen molar-refractivity contribution in [2.24, 2.45) is 0 Å². The summed E-state index contributed by atoms with van der Waals surface area (Å²) in [5, 5.41) is 4.00. The monoisotopic (exact) mass is 207 g/mol. The zero-order chi connectivity index (χ0) is 10.5. The molecule has 0 amide bonds. The molecule has 15 heavy (non-hydrogen) atoms. The van der Waals surface area contributed by atoms with E-state index < -0.39 is 5.95 Å². The Morgan fingerprint density at radius 3 is 3.00 bits per heavy atom. The molecule has 0 aliphatic rings. The summed E-state index contributed by atoms with van der Waals surface area (Å²) in [4.78, 5) is 3.48. The summed E-state index contributed by atoms with van der Waals surface area (Å²) in [5.74, 6) is -0.414. The fourth-order valence-corrected chi connectivity index (χ4v) is 1.16. The molecule has 4 nitrogen and oxygen atoms in total. The molecule has 5 heteroatoms. The molecule has 2 rings (SSSR count). The van der Waals surface area contributed by atoms with Gasteiger partial charge in [-0.2, -0.15) is 9.49 Å². The highest BCUT2D eigenvalue weighted by Crippen LogP contribution is 2.12. The zero-order valence-electron chi connectivity index (χ0n) is 8.01. The van der Waals surface area contributed by atoms with Gasteiger partial charge in [0.05, 0.1) is 6.54 Å². The third-order valence-corrected chi connectivity index (χ3v) is 1.86. The van der Waals surface area contributed by atoms with E-state index in [1.54, 1.807) is 23.0 Å². The van der Waals surface area contributed by atoms with Gasteiger partial charge in [0.1, 0.15) is 6.61 Å². The topological polar surface area (TPSA) is 39.9 Å².